The number of rotatable bonds is 2. The molecule has 0 fully saturated rings. The van der Waals surface area contributed by atoms with E-state index in [1.165, 1.54) is 34.9 Å². The van der Waals surface area contributed by atoms with Crippen molar-refractivity contribution < 1.29 is 43.2 Å². The molecule has 0 amide bonds. The molecule has 1 heterocycles. The number of halogens is 2. The van der Waals surface area contributed by atoms with Gasteiger partial charge in [0.2, 0.25) is 0 Å². The second kappa shape index (κ2) is 6.21. The summed E-state index contributed by atoms with van der Waals surface area (Å²) in [5, 5.41) is 0. The van der Waals surface area contributed by atoms with E-state index in [9.17, 15) is 0 Å². The minimum atomic E-state index is 0. The summed E-state index contributed by atoms with van der Waals surface area (Å²) in [7, 11) is 0. The van der Waals surface area contributed by atoms with E-state index in [0.29, 0.717) is 5.92 Å². The molecule has 2 nitrogen and oxygen atoms in total. The fraction of sp³-hybridized carbons (Fsp3) is 0.538. The summed E-state index contributed by atoms with van der Waals surface area (Å²) in [4.78, 5) is 0. The molecule has 1 radical (unpaired) electrons. The molecule has 1 aliphatic carbocycles. The summed E-state index contributed by atoms with van der Waals surface area (Å²) in [6.07, 6.45) is 4.73. The van der Waals surface area contributed by atoms with Gasteiger partial charge in [0.1, 0.15) is 5.75 Å². The monoisotopic (exact) mass is 449 g/mol. The maximum atomic E-state index is 5.77. The smallest absolute Gasteiger partial charge is 0.138 e. The van der Waals surface area contributed by atoms with Crippen molar-refractivity contribution in [2.45, 2.75) is 31.6 Å². The molecule has 18 heavy (non-hydrogen) atoms. The van der Waals surface area contributed by atoms with Crippen LogP contribution in [0.2, 0.25) is 0 Å². The third-order valence-corrected chi connectivity index (χ3v) is 6.05. The van der Waals surface area contributed by atoms with Crippen molar-refractivity contribution in [2.75, 3.05) is 13.2 Å². The van der Waals surface area contributed by atoms with Gasteiger partial charge in [-0.25, -0.2) is 0 Å². The van der Waals surface area contributed by atoms with E-state index >= 15 is 0 Å². The first-order valence-corrected chi connectivity index (χ1v) is 7.77. The number of fused-ring (bicyclic) bond motifs is 3. The molecule has 2 aliphatic rings. The Morgan fingerprint density at radius 3 is 2.67 bits per heavy atom. The first kappa shape index (κ1) is 15.4. The molecular weight excluding hydrogens is 435 g/mol. The van der Waals surface area contributed by atoms with Gasteiger partial charge in [0.15, 0.2) is 0 Å². The minimum Gasteiger partial charge on any atom is -0.492 e. The van der Waals surface area contributed by atoms with Gasteiger partial charge < -0.3 is 10.5 Å². The van der Waals surface area contributed by atoms with Crippen LogP contribution < -0.4 is 10.5 Å². The van der Waals surface area contributed by atoms with Gasteiger partial charge in [0.05, 0.1) is 17.6 Å². The molecule has 0 bridgehead atoms. The molecule has 1 atom stereocenters. The maximum Gasteiger partial charge on any atom is 0.138 e. The van der Waals surface area contributed by atoms with E-state index in [0.717, 1.165) is 29.8 Å². The van der Waals surface area contributed by atoms with Crippen LogP contribution in [0.3, 0.4) is 0 Å². The Labute approximate surface area is 150 Å². The first-order chi connectivity index (χ1) is 8.24. The van der Waals surface area contributed by atoms with Crippen LogP contribution >= 0.6 is 31.9 Å². The van der Waals surface area contributed by atoms with Crippen LogP contribution in [-0.2, 0) is 45.6 Å². The molecule has 3 N–H and O–H groups in total. The van der Waals surface area contributed by atoms with Gasteiger partial charge in [-0.3, -0.25) is 0 Å². The Morgan fingerprint density at radius 1 is 1.17 bits per heavy atom. The van der Waals surface area contributed by atoms with Crippen LogP contribution in [-0.4, -0.2) is 13.2 Å². The van der Waals surface area contributed by atoms with Crippen LogP contribution in [0.15, 0.2) is 8.95 Å². The third-order valence-electron chi connectivity index (χ3n) is 3.88. The van der Waals surface area contributed by atoms with Crippen molar-refractivity contribution in [3.8, 4) is 5.75 Å². The molecule has 0 spiro atoms. The second-order valence-electron chi connectivity index (χ2n) is 4.80. The number of benzene rings is 1. The molecule has 95 valence electrons. The van der Waals surface area contributed by atoms with Gasteiger partial charge >= 0.3 is 0 Å². The number of quaternary nitrogens is 1. The zero-order valence-corrected chi connectivity index (χ0v) is 16.3. The van der Waals surface area contributed by atoms with Crippen molar-refractivity contribution in [1.82, 2.24) is 0 Å². The van der Waals surface area contributed by atoms with Crippen LogP contribution in [0.4, 0.5) is 0 Å². The van der Waals surface area contributed by atoms with E-state index in [2.05, 4.69) is 37.6 Å². The standard InChI is InChI=1S/C13H15Br2NO.Y/c14-11-8-2-1-7(3-5-16)10(8)9-4-6-17-13(9)12(11)15;/h7H,1-6,16H2;/p+1/t7-;/m0./s1. The summed E-state index contributed by atoms with van der Waals surface area (Å²) >= 11 is 7.38. The molecular formula is C13H16Br2NOY+. The van der Waals surface area contributed by atoms with Gasteiger partial charge in [-0.2, -0.15) is 0 Å². The van der Waals surface area contributed by atoms with Crippen LogP contribution in [0, 0.1) is 0 Å². The van der Waals surface area contributed by atoms with Gasteiger partial charge in [0.25, 0.3) is 0 Å². The Morgan fingerprint density at radius 2 is 1.94 bits per heavy atom. The zero-order chi connectivity index (χ0) is 12.0. The van der Waals surface area contributed by atoms with Gasteiger partial charge in [0, 0.05) is 55.6 Å². The molecule has 0 unspecified atom stereocenters. The fourth-order valence-electron chi connectivity index (χ4n) is 3.18. The Kier molecular flexibility index (Phi) is 5.33. The second-order valence-corrected chi connectivity index (χ2v) is 6.39. The average molecular weight is 451 g/mol. The molecule has 0 saturated heterocycles. The van der Waals surface area contributed by atoms with Crippen molar-refractivity contribution in [3.05, 3.63) is 25.6 Å². The summed E-state index contributed by atoms with van der Waals surface area (Å²) in [5.74, 6) is 1.77. The number of ether oxygens (including phenoxy) is 1. The molecule has 0 aromatic heterocycles. The summed E-state index contributed by atoms with van der Waals surface area (Å²) < 4.78 is 8.09. The van der Waals surface area contributed by atoms with Crippen molar-refractivity contribution in [2.24, 2.45) is 0 Å². The van der Waals surface area contributed by atoms with E-state index < -0.39 is 0 Å². The zero-order valence-electron chi connectivity index (χ0n) is 10.3. The third kappa shape index (κ3) is 2.37. The summed E-state index contributed by atoms with van der Waals surface area (Å²) in [6, 6.07) is 0. The van der Waals surface area contributed by atoms with Crippen LogP contribution in [0.25, 0.3) is 0 Å². The van der Waals surface area contributed by atoms with Crippen LogP contribution in [0.5, 0.6) is 5.75 Å². The molecule has 1 aromatic rings. The minimum absolute atomic E-state index is 0. The van der Waals surface area contributed by atoms with Crippen molar-refractivity contribution in [1.29, 1.82) is 0 Å². The van der Waals surface area contributed by atoms with E-state index in [4.69, 9.17) is 4.74 Å². The molecule has 3 rings (SSSR count). The Balaban J connectivity index is 0.00000120. The first-order valence-electron chi connectivity index (χ1n) is 6.18. The van der Waals surface area contributed by atoms with E-state index in [1.807, 2.05) is 0 Å². The molecule has 0 saturated carbocycles. The average Bonchev–Trinajstić information content (AvgIpc) is 2.92. The van der Waals surface area contributed by atoms with Gasteiger partial charge in [-0.05, 0) is 61.7 Å². The summed E-state index contributed by atoms with van der Waals surface area (Å²) in [5.41, 5.74) is 8.52. The number of hydrogen-bond donors (Lipinski definition) is 1. The summed E-state index contributed by atoms with van der Waals surface area (Å²) in [6.45, 7) is 1.85. The fourth-order valence-corrected chi connectivity index (χ4v) is 4.36. The maximum absolute atomic E-state index is 5.77. The van der Waals surface area contributed by atoms with Crippen molar-refractivity contribution >= 4 is 31.9 Å². The molecule has 1 aliphatic heterocycles. The normalized spacial score (nSPS) is 20.1. The van der Waals surface area contributed by atoms with Gasteiger partial charge in [-0.15, -0.1) is 0 Å². The van der Waals surface area contributed by atoms with Gasteiger partial charge in [-0.1, -0.05) is 0 Å². The largest absolute Gasteiger partial charge is 0.492 e. The Bertz CT molecular complexity index is 479. The number of hydrogen-bond acceptors (Lipinski definition) is 1. The molecule has 5 heteroatoms. The van der Waals surface area contributed by atoms with Crippen molar-refractivity contribution in [3.63, 3.8) is 0 Å². The van der Waals surface area contributed by atoms with Crippen LogP contribution in [0.1, 0.15) is 35.4 Å². The van der Waals surface area contributed by atoms with E-state index in [-0.39, 0.29) is 32.7 Å². The predicted molar refractivity (Wildman–Crippen MR) is 74.5 cm³/mol. The van der Waals surface area contributed by atoms with E-state index in [1.54, 1.807) is 5.56 Å². The Hall–Kier alpha value is 1.04. The SMILES string of the molecule is [NH3+]CC[C@@H]1CCc2c(Br)c(Br)c3c(c21)CCO3.[Y]. The molecule has 1 aromatic carbocycles. The predicted octanol–water partition coefficient (Wildman–Crippen LogP) is 2.81. The quantitative estimate of drug-likeness (QED) is 0.739. The topological polar surface area (TPSA) is 36.9 Å².